The van der Waals surface area contributed by atoms with Crippen LogP contribution in [0.3, 0.4) is 0 Å². The van der Waals surface area contributed by atoms with Crippen LogP contribution in [0.4, 0.5) is 4.39 Å². The number of rotatable bonds is 13. The zero-order chi connectivity index (χ0) is 26.2. The van der Waals surface area contributed by atoms with Gasteiger partial charge >= 0.3 is 5.63 Å². The zero-order valence-electron chi connectivity index (χ0n) is 21.2. The van der Waals surface area contributed by atoms with Crippen LogP contribution in [0.25, 0.3) is 11.0 Å². The molecule has 1 unspecified atom stereocenters. The molecule has 0 aliphatic carbocycles. The maximum Gasteiger partial charge on any atom is 0.339 e. The van der Waals surface area contributed by atoms with Crippen LogP contribution in [0.5, 0.6) is 11.5 Å². The number of aliphatic hydroxyl groups is 1. The molecule has 4 rings (SSSR count). The number of fused-ring (bicyclic) bond motifs is 1. The number of benzene rings is 2. The number of hydrogen-bond acceptors (Lipinski definition) is 7. The maximum atomic E-state index is 13.0. The van der Waals surface area contributed by atoms with Gasteiger partial charge in [0.15, 0.2) is 0 Å². The number of aliphatic hydroxyl groups excluding tert-OH is 1. The van der Waals surface area contributed by atoms with E-state index in [0.29, 0.717) is 22.8 Å². The fraction of sp³-hybridized carbons (Fsp3) is 0.393. The molecule has 0 aliphatic heterocycles. The van der Waals surface area contributed by atoms with Crippen LogP contribution < -0.4 is 15.1 Å². The number of halogens is 1. The molecule has 0 aliphatic rings. The van der Waals surface area contributed by atoms with Gasteiger partial charge in [0.1, 0.15) is 47.9 Å². The first-order valence-electron chi connectivity index (χ1n) is 12.6. The van der Waals surface area contributed by atoms with Crippen LogP contribution in [-0.2, 0) is 19.6 Å². The van der Waals surface area contributed by atoms with E-state index in [1.807, 2.05) is 19.1 Å². The Balaban J connectivity index is 1.30. The van der Waals surface area contributed by atoms with Crippen molar-refractivity contribution >= 4 is 11.0 Å². The largest absolute Gasteiger partial charge is 0.491 e. The summed E-state index contributed by atoms with van der Waals surface area (Å²) in [5.74, 6) is 0.686. The van der Waals surface area contributed by atoms with Crippen molar-refractivity contribution in [1.29, 1.82) is 0 Å². The molecule has 0 radical (unpaired) electrons. The summed E-state index contributed by atoms with van der Waals surface area (Å²) < 4.78 is 31.4. The van der Waals surface area contributed by atoms with E-state index in [-0.39, 0.29) is 31.2 Å². The average Bonchev–Trinajstić information content (AvgIpc) is 3.33. The summed E-state index contributed by atoms with van der Waals surface area (Å²) in [5, 5.41) is 19.3. The fourth-order valence-corrected chi connectivity index (χ4v) is 4.12. The molecule has 2 heterocycles. The van der Waals surface area contributed by atoms with E-state index < -0.39 is 6.10 Å². The van der Waals surface area contributed by atoms with Gasteiger partial charge in [-0.1, -0.05) is 31.4 Å². The van der Waals surface area contributed by atoms with Gasteiger partial charge in [-0.3, -0.25) is 0 Å². The molecule has 4 aromatic rings. The van der Waals surface area contributed by atoms with Crippen molar-refractivity contribution in [1.82, 2.24) is 15.0 Å². The molecule has 0 amide bonds. The second-order valence-electron chi connectivity index (χ2n) is 9.10. The summed E-state index contributed by atoms with van der Waals surface area (Å²) in [6, 6.07) is 11.1. The van der Waals surface area contributed by atoms with E-state index in [9.17, 15) is 14.3 Å². The smallest absolute Gasteiger partial charge is 0.339 e. The maximum absolute atomic E-state index is 13.0. The Morgan fingerprint density at radius 3 is 2.65 bits per heavy atom. The first-order valence-corrected chi connectivity index (χ1v) is 12.6. The highest BCUT2D eigenvalue weighted by molar-refractivity contribution is 5.82. The standard InChI is InChI=1S/C28H32FN3O5/c1-3-4-5-6-7-26-19(2)25-13-12-24(14-27(25)37-28(26)34)36-18-22(33)16-32-15-21(30-31-32)17-35-23-10-8-20(29)9-11-23/h8-15,22,33H,3-7,16-18H2,1-2H3. The molecule has 1 atom stereocenters. The van der Waals surface area contributed by atoms with Gasteiger partial charge in [0.25, 0.3) is 0 Å². The molecule has 196 valence electrons. The first kappa shape index (κ1) is 26.3. The van der Waals surface area contributed by atoms with Crippen molar-refractivity contribution in [3.8, 4) is 11.5 Å². The van der Waals surface area contributed by atoms with Crippen LogP contribution >= 0.6 is 0 Å². The second-order valence-corrected chi connectivity index (χ2v) is 9.10. The number of nitrogens with zero attached hydrogens (tertiary/aromatic N) is 3. The van der Waals surface area contributed by atoms with Gasteiger partial charge < -0.3 is 19.0 Å². The Morgan fingerprint density at radius 2 is 1.86 bits per heavy atom. The molecule has 0 spiro atoms. The van der Waals surface area contributed by atoms with Crippen molar-refractivity contribution in [2.75, 3.05) is 6.61 Å². The van der Waals surface area contributed by atoms with E-state index in [1.165, 1.54) is 28.9 Å². The van der Waals surface area contributed by atoms with Crippen LogP contribution in [0.2, 0.25) is 0 Å². The molecule has 37 heavy (non-hydrogen) atoms. The van der Waals surface area contributed by atoms with Gasteiger partial charge in [-0.15, -0.1) is 5.10 Å². The molecule has 0 saturated carbocycles. The molecule has 0 bridgehead atoms. The summed E-state index contributed by atoms with van der Waals surface area (Å²) in [7, 11) is 0. The van der Waals surface area contributed by atoms with Gasteiger partial charge in [-0.05, 0) is 61.7 Å². The third-order valence-electron chi connectivity index (χ3n) is 6.17. The lowest BCUT2D eigenvalue weighted by Crippen LogP contribution is -2.24. The normalized spacial score (nSPS) is 12.1. The van der Waals surface area contributed by atoms with Crippen LogP contribution in [-0.4, -0.2) is 32.8 Å². The van der Waals surface area contributed by atoms with Crippen LogP contribution in [0, 0.1) is 12.7 Å². The predicted molar refractivity (Wildman–Crippen MR) is 137 cm³/mol. The van der Waals surface area contributed by atoms with E-state index in [0.717, 1.165) is 48.6 Å². The van der Waals surface area contributed by atoms with Gasteiger partial charge in [0.2, 0.25) is 0 Å². The van der Waals surface area contributed by atoms with Gasteiger partial charge in [0.05, 0.1) is 12.7 Å². The quantitative estimate of drug-likeness (QED) is 0.201. The lowest BCUT2D eigenvalue weighted by Gasteiger charge is -2.13. The Bertz CT molecular complexity index is 1370. The topological polar surface area (TPSA) is 99.6 Å². The molecular formula is C28H32FN3O5. The molecule has 1 N–H and O–H groups in total. The zero-order valence-corrected chi connectivity index (χ0v) is 21.2. The third-order valence-corrected chi connectivity index (χ3v) is 6.17. The Morgan fingerprint density at radius 1 is 1.08 bits per heavy atom. The summed E-state index contributed by atoms with van der Waals surface area (Å²) in [4.78, 5) is 12.6. The Kier molecular flexibility index (Phi) is 8.90. The molecule has 0 saturated heterocycles. The Hall–Kier alpha value is -3.72. The fourth-order valence-electron chi connectivity index (χ4n) is 4.12. The van der Waals surface area contributed by atoms with E-state index in [2.05, 4.69) is 17.2 Å². The van der Waals surface area contributed by atoms with Crippen molar-refractivity contribution in [2.45, 2.75) is 65.2 Å². The molecule has 2 aromatic heterocycles. The minimum atomic E-state index is -0.845. The van der Waals surface area contributed by atoms with E-state index in [4.69, 9.17) is 13.9 Å². The summed E-state index contributed by atoms with van der Waals surface area (Å²) in [6.07, 6.45) is 5.92. The molecule has 0 fully saturated rings. The average molecular weight is 510 g/mol. The van der Waals surface area contributed by atoms with E-state index in [1.54, 1.807) is 12.3 Å². The number of aryl methyl sites for hydroxylation is 1. The third kappa shape index (κ3) is 7.16. The molecule has 2 aromatic carbocycles. The minimum absolute atomic E-state index is 0.0194. The number of hydrogen-bond donors (Lipinski definition) is 1. The summed E-state index contributed by atoms with van der Waals surface area (Å²) in [6.45, 7) is 4.47. The van der Waals surface area contributed by atoms with Crippen molar-refractivity contribution in [2.24, 2.45) is 0 Å². The molecule has 9 heteroatoms. The lowest BCUT2D eigenvalue weighted by molar-refractivity contribution is 0.0888. The van der Waals surface area contributed by atoms with Gasteiger partial charge in [-0.25, -0.2) is 13.9 Å². The Labute approximate surface area is 214 Å². The highest BCUT2D eigenvalue weighted by Gasteiger charge is 2.13. The second kappa shape index (κ2) is 12.5. The van der Waals surface area contributed by atoms with Gasteiger partial charge in [0, 0.05) is 17.0 Å². The predicted octanol–water partition coefficient (Wildman–Crippen LogP) is 4.97. The van der Waals surface area contributed by atoms with Crippen LogP contribution in [0.1, 0.15) is 49.4 Å². The highest BCUT2D eigenvalue weighted by Crippen LogP contribution is 2.25. The highest BCUT2D eigenvalue weighted by atomic mass is 19.1. The number of ether oxygens (including phenoxy) is 2. The summed E-state index contributed by atoms with van der Waals surface area (Å²) in [5.41, 5.74) is 2.42. The number of unbranched alkanes of at least 4 members (excludes halogenated alkanes) is 3. The van der Waals surface area contributed by atoms with Crippen LogP contribution in [0.15, 0.2) is 57.9 Å². The molecular weight excluding hydrogens is 477 g/mol. The first-order chi connectivity index (χ1) is 17.9. The SMILES string of the molecule is CCCCCCc1c(C)c2ccc(OCC(O)Cn3cc(COc4ccc(F)cc4)nn3)cc2oc1=O. The van der Waals surface area contributed by atoms with Crippen molar-refractivity contribution < 1.29 is 23.4 Å². The summed E-state index contributed by atoms with van der Waals surface area (Å²) >= 11 is 0. The van der Waals surface area contributed by atoms with Gasteiger partial charge in [-0.2, -0.15) is 0 Å². The van der Waals surface area contributed by atoms with E-state index >= 15 is 0 Å². The monoisotopic (exact) mass is 509 g/mol. The lowest BCUT2D eigenvalue weighted by atomic mass is 10.0. The number of aromatic nitrogens is 3. The molecule has 8 nitrogen and oxygen atoms in total. The van der Waals surface area contributed by atoms with Crippen molar-refractivity contribution in [3.63, 3.8) is 0 Å². The van der Waals surface area contributed by atoms with Crippen molar-refractivity contribution in [3.05, 3.63) is 81.7 Å². The minimum Gasteiger partial charge on any atom is -0.491 e.